The molecule has 0 radical (unpaired) electrons. The zero-order valence-electron chi connectivity index (χ0n) is 13.4. The van der Waals surface area contributed by atoms with E-state index in [-0.39, 0.29) is 5.41 Å². The summed E-state index contributed by atoms with van der Waals surface area (Å²) in [6, 6.07) is 9.11. The molecule has 0 saturated carbocycles. The van der Waals surface area contributed by atoms with E-state index in [1.54, 1.807) is 0 Å². The largest absolute Gasteiger partial charge is 0.459 e. The quantitative estimate of drug-likeness (QED) is 0.784. The Morgan fingerprint density at radius 2 is 1.95 bits per heavy atom. The molecule has 0 bridgehead atoms. The first-order chi connectivity index (χ1) is 9.51. The van der Waals surface area contributed by atoms with Crippen molar-refractivity contribution in [3.63, 3.8) is 0 Å². The van der Waals surface area contributed by atoms with E-state index in [9.17, 15) is 0 Å². The Morgan fingerprint density at radius 1 is 1.20 bits per heavy atom. The molecule has 2 rings (SSSR count). The zero-order valence-corrected chi connectivity index (χ0v) is 13.4. The summed E-state index contributed by atoms with van der Waals surface area (Å²) in [7, 11) is 2.00. The standard InChI is InChI=1S/C18H27NO/c1-6-8-15(19-5)17-12-13-11-14(18(3,4)7-2)9-10-16(13)20-17/h9-12,15,19H,6-8H2,1-5H3. The minimum absolute atomic E-state index is 0.220. The molecule has 0 aliphatic rings. The molecule has 0 amide bonds. The van der Waals surface area contributed by atoms with Gasteiger partial charge >= 0.3 is 0 Å². The first-order valence-corrected chi connectivity index (χ1v) is 7.73. The molecule has 20 heavy (non-hydrogen) atoms. The highest BCUT2D eigenvalue weighted by molar-refractivity contribution is 5.79. The van der Waals surface area contributed by atoms with E-state index in [0.29, 0.717) is 6.04 Å². The van der Waals surface area contributed by atoms with Gasteiger partial charge in [-0.1, -0.05) is 40.2 Å². The number of benzene rings is 1. The van der Waals surface area contributed by atoms with Crippen molar-refractivity contribution in [3.05, 3.63) is 35.6 Å². The van der Waals surface area contributed by atoms with Crippen molar-refractivity contribution in [2.24, 2.45) is 0 Å². The Morgan fingerprint density at radius 3 is 2.55 bits per heavy atom. The third kappa shape index (κ3) is 2.90. The van der Waals surface area contributed by atoms with E-state index in [0.717, 1.165) is 30.6 Å². The van der Waals surface area contributed by atoms with Gasteiger partial charge in [0.2, 0.25) is 0 Å². The lowest BCUT2D eigenvalue weighted by Gasteiger charge is -2.23. The number of rotatable bonds is 6. The predicted octanol–water partition coefficient (Wildman–Crippen LogP) is 5.18. The van der Waals surface area contributed by atoms with Crippen molar-refractivity contribution in [2.45, 2.75) is 58.4 Å². The van der Waals surface area contributed by atoms with Crippen LogP contribution in [0.4, 0.5) is 0 Å². The second-order valence-corrected chi connectivity index (χ2v) is 6.27. The van der Waals surface area contributed by atoms with Gasteiger partial charge in [0.15, 0.2) is 0 Å². The van der Waals surface area contributed by atoms with Crippen molar-refractivity contribution in [1.29, 1.82) is 0 Å². The van der Waals surface area contributed by atoms with Gasteiger partial charge in [-0.05, 0) is 49.1 Å². The number of hydrogen-bond acceptors (Lipinski definition) is 2. The number of furan rings is 1. The van der Waals surface area contributed by atoms with Crippen LogP contribution < -0.4 is 5.32 Å². The fraction of sp³-hybridized carbons (Fsp3) is 0.556. The fourth-order valence-corrected chi connectivity index (χ4v) is 2.58. The average molecular weight is 273 g/mol. The highest BCUT2D eigenvalue weighted by atomic mass is 16.3. The molecular formula is C18H27NO. The van der Waals surface area contributed by atoms with Gasteiger partial charge in [-0.2, -0.15) is 0 Å². The average Bonchev–Trinajstić information content (AvgIpc) is 2.87. The van der Waals surface area contributed by atoms with Crippen molar-refractivity contribution in [3.8, 4) is 0 Å². The molecule has 1 atom stereocenters. The Kier molecular flexibility index (Phi) is 4.54. The molecular weight excluding hydrogens is 246 g/mol. The van der Waals surface area contributed by atoms with E-state index < -0.39 is 0 Å². The molecule has 0 aliphatic carbocycles. The molecule has 2 nitrogen and oxygen atoms in total. The van der Waals surface area contributed by atoms with Crippen molar-refractivity contribution in [2.75, 3.05) is 7.05 Å². The highest BCUT2D eigenvalue weighted by Gasteiger charge is 2.20. The van der Waals surface area contributed by atoms with Crippen LogP contribution in [0.25, 0.3) is 11.0 Å². The van der Waals surface area contributed by atoms with Gasteiger partial charge in [-0.25, -0.2) is 0 Å². The monoisotopic (exact) mass is 273 g/mol. The summed E-state index contributed by atoms with van der Waals surface area (Å²) in [5.74, 6) is 1.05. The Balaban J connectivity index is 2.39. The van der Waals surface area contributed by atoms with Gasteiger partial charge in [-0.15, -0.1) is 0 Å². The summed E-state index contributed by atoms with van der Waals surface area (Å²) >= 11 is 0. The molecule has 1 aromatic heterocycles. The lowest BCUT2D eigenvalue weighted by molar-refractivity contribution is 0.430. The predicted molar refractivity (Wildman–Crippen MR) is 86.2 cm³/mol. The van der Waals surface area contributed by atoms with Crippen LogP contribution >= 0.6 is 0 Å². The van der Waals surface area contributed by atoms with Crippen molar-refractivity contribution < 1.29 is 4.42 Å². The smallest absolute Gasteiger partial charge is 0.134 e. The van der Waals surface area contributed by atoms with Crippen LogP contribution in [0.1, 0.15) is 64.3 Å². The third-order valence-corrected chi connectivity index (χ3v) is 4.47. The summed E-state index contributed by atoms with van der Waals surface area (Å²) in [6.45, 7) is 9.03. The maximum atomic E-state index is 6.01. The lowest BCUT2D eigenvalue weighted by Crippen LogP contribution is -2.15. The molecule has 0 aliphatic heterocycles. The number of nitrogens with one attached hydrogen (secondary N) is 1. The molecule has 0 spiro atoms. The summed E-state index contributed by atoms with van der Waals surface area (Å²) in [5, 5.41) is 4.56. The summed E-state index contributed by atoms with van der Waals surface area (Å²) in [5.41, 5.74) is 2.60. The van der Waals surface area contributed by atoms with E-state index >= 15 is 0 Å². The van der Waals surface area contributed by atoms with Crippen LogP contribution in [0.3, 0.4) is 0 Å². The normalized spacial score (nSPS) is 13.8. The minimum Gasteiger partial charge on any atom is -0.459 e. The SMILES string of the molecule is CCCC(NC)c1cc2cc(C(C)(C)CC)ccc2o1. The van der Waals surface area contributed by atoms with Gasteiger partial charge < -0.3 is 9.73 Å². The first kappa shape index (κ1) is 15.1. The lowest BCUT2D eigenvalue weighted by atomic mass is 9.82. The minimum atomic E-state index is 0.220. The third-order valence-electron chi connectivity index (χ3n) is 4.47. The second-order valence-electron chi connectivity index (χ2n) is 6.27. The second kappa shape index (κ2) is 6.01. The van der Waals surface area contributed by atoms with Gasteiger partial charge in [0.05, 0.1) is 6.04 Å². The number of fused-ring (bicyclic) bond motifs is 1. The van der Waals surface area contributed by atoms with Gasteiger partial charge in [0.1, 0.15) is 11.3 Å². The number of hydrogen-bond donors (Lipinski definition) is 1. The fourth-order valence-electron chi connectivity index (χ4n) is 2.58. The van der Waals surface area contributed by atoms with Crippen LogP contribution in [-0.4, -0.2) is 7.05 Å². The van der Waals surface area contributed by atoms with E-state index in [1.807, 2.05) is 7.05 Å². The molecule has 110 valence electrons. The van der Waals surface area contributed by atoms with Gasteiger partial charge in [0.25, 0.3) is 0 Å². The molecule has 2 heteroatoms. The molecule has 0 saturated heterocycles. The van der Waals surface area contributed by atoms with Crippen molar-refractivity contribution >= 4 is 11.0 Å². The topological polar surface area (TPSA) is 25.2 Å². The van der Waals surface area contributed by atoms with E-state index in [1.165, 1.54) is 10.9 Å². The van der Waals surface area contributed by atoms with Crippen LogP contribution in [-0.2, 0) is 5.41 Å². The molecule has 2 aromatic rings. The summed E-state index contributed by atoms with van der Waals surface area (Å²) < 4.78 is 6.01. The maximum Gasteiger partial charge on any atom is 0.134 e. The van der Waals surface area contributed by atoms with Gasteiger partial charge in [0, 0.05) is 5.39 Å². The van der Waals surface area contributed by atoms with Crippen LogP contribution in [0.15, 0.2) is 28.7 Å². The molecule has 1 N–H and O–H groups in total. The Hall–Kier alpha value is -1.28. The highest BCUT2D eigenvalue weighted by Crippen LogP contribution is 2.32. The summed E-state index contributed by atoms with van der Waals surface area (Å²) in [6.07, 6.45) is 3.39. The van der Waals surface area contributed by atoms with E-state index in [4.69, 9.17) is 4.42 Å². The maximum absolute atomic E-state index is 6.01. The molecule has 1 unspecified atom stereocenters. The van der Waals surface area contributed by atoms with E-state index in [2.05, 4.69) is 57.3 Å². The van der Waals surface area contributed by atoms with Crippen LogP contribution in [0, 0.1) is 0 Å². The van der Waals surface area contributed by atoms with Crippen molar-refractivity contribution in [1.82, 2.24) is 5.32 Å². The Bertz CT molecular complexity index is 568. The first-order valence-electron chi connectivity index (χ1n) is 7.73. The van der Waals surface area contributed by atoms with Crippen LogP contribution in [0.5, 0.6) is 0 Å². The molecule has 0 fully saturated rings. The van der Waals surface area contributed by atoms with Gasteiger partial charge in [-0.3, -0.25) is 0 Å². The Labute approximate surface area is 122 Å². The molecule has 1 aromatic carbocycles. The molecule has 1 heterocycles. The zero-order chi connectivity index (χ0) is 14.8. The summed E-state index contributed by atoms with van der Waals surface area (Å²) in [4.78, 5) is 0. The van der Waals surface area contributed by atoms with Crippen LogP contribution in [0.2, 0.25) is 0 Å².